The molecule has 2 N–H and O–H groups in total. The van der Waals surface area contributed by atoms with Gasteiger partial charge in [0.2, 0.25) is 11.7 Å². The van der Waals surface area contributed by atoms with E-state index in [1.54, 1.807) is 33.1 Å². The summed E-state index contributed by atoms with van der Waals surface area (Å²) in [6, 6.07) is 12.0. The van der Waals surface area contributed by atoms with Gasteiger partial charge >= 0.3 is 5.97 Å². The highest BCUT2D eigenvalue weighted by Gasteiger charge is 2.52. The van der Waals surface area contributed by atoms with Gasteiger partial charge in [0, 0.05) is 23.8 Å². The van der Waals surface area contributed by atoms with E-state index < -0.39 is 52.7 Å². The van der Waals surface area contributed by atoms with Crippen molar-refractivity contribution in [2.75, 3.05) is 19.4 Å². The lowest BCUT2D eigenvalue weighted by Gasteiger charge is -2.25. The van der Waals surface area contributed by atoms with E-state index in [0.717, 1.165) is 21.8 Å². The topological polar surface area (TPSA) is 130 Å². The van der Waals surface area contributed by atoms with Crippen LogP contribution in [0.4, 0.5) is 0 Å². The maximum Gasteiger partial charge on any atom is 0.326 e. The Balaban J connectivity index is 1.65. The minimum atomic E-state index is -4.38. The number of nitrogens with zero attached hydrogens (tertiary/aromatic N) is 1. The maximum absolute atomic E-state index is 13.1. The summed E-state index contributed by atoms with van der Waals surface area (Å²) < 4.78 is 35.5. The van der Waals surface area contributed by atoms with Gasteiger partial charge in [-0.25, -0.2) is 8.98 Å². The third kappa shape index (κ3) is 6.75. The fourth-order valence-corrected chi connectivity index (χ4v) is 5.89. The molecule has 3 atom stereocenters. The lowest BCUT2D eigenvalue weighted by Crippen LogP contribution is -2.44. The molecule has 9 nitrogen and oxygen atoms in total. The van der Waals surface area contributed by atoms with Gasteiger partial charge in [0.25, 0.3) is 10.1 Å². The molecule has 2 unspecified atom stereocenters. The zero-order valence-electron chi connectivity index (χ0n) is 19.7. The lowest BCUT2D eigenvalue weighted by atomic mass is 10.1. The van der Waals surface area contributed by atoms with Gasteiger partial charge in [-0.05, 0) is 36.8 Å². The minimum absolute atomic E-state index is 0.170. The van der Waals surface area contributed by atoms with Gasteiger partial charge in [0.1, 0.15) is 11.8 Å². The van der Waals surface area contributed by atoms with Crippen molar-refractivity contribution in [3.63, 3.8) is 0 Å². The standard InChI is InChI=1S/C24H29NO8S2/c1-16-4-10-20(11-5-16)35(30,31)33-24(29)12-21(23(27)28)25(15-24)22(26)17(2)13-34-14-18-6-8-19(32-3)9-7-18/h4-11,17,21,29H,12-15H2,1-3H3,(H,27,28)/t17?,21-,24?/m0/s1. The summed E-state index contributed by atoms with van der Waals surface area (Å²) in [6.07, 6.45) is -0.565. The largest absolute Gasteiger partial charge is 0.497 e. The van der Waals surface area contributed by atoms with Crippen LogP contribution in [0.25, 0.3) is 0 Å². The number of rotatable bonds is 10. The highest BCUT2D eigenvalue weighted by molar-refractivity contribution is 7.98. The van der Waals surface area contributed by atoms with Crippen molar-refractivity contribution < 1.29 is 37.1 Å². The number of β-amino-alcohol motifs (C(OH)–C–C–N with tert-alkyl or cyclic N) is 1. The molecular weight excluding hydrogens is 494 g/mol. The molecule has 1 heterocycles. The van der Waals surface area contributed by atoms with Crippen molar-refractivity contribution >= 4 is 33.8 Å². The van der Waals surface area contributed by atoms with Crippen LogP contribution in [-0.4, -0.2) is 66.6 Å². The zero-order chi connectivity index (χ0) is 25.8. The maximum atomic E-state index is 13.1. The van der Waals surface area contributed by atoms with Gasteiger partial charge in [0.05, 0.1) is 18.6 Å². The number of aliphatic hydroxyl groups is 1. The molecule has 35 heavy (non-hydrogen) atoms. The number of methoxy groups -OCH3 is 1. The van der Waals surface area contributed by atoms with E-state index in [0.29, 0.717) is 11.5 Å². The molecule has 0 saturated carbocycles. The molecule has 190 valence electrons. The summed E-state index contributed by atoms with van der Waals surface area (Å²) >= 11 is 1.51. The van der Waals surface area contributed by atoms with E-state index in [4.69, 9.17) is 8.92 Å². The molecule has 2 aromatic rings. The van der Waals surface area contributed by atoms with Crippen molar-refractivity contribution in [1.29, 1.82) is 0 Å². The van der Waals surface area contributed by atoms with Crippen LogP contribution >= 0.6 is 11.8 Å². The summed E-state index contributed by atoms with van der Waals surface area (Å²) in [5.41, 5.74) is 1.88. The van der Waals surface area contributed by atoms with Crippen molar-refractivity contribution in [2.45, 2.75) is 42.7 Å². The Bertz CT molecular complexity index is 1150. The Labute approximate surface area is 209 Å². The van der Waals surface area contributed by atoms with E-state index in [9.17, 15) is 28.2 Å². The molecule has 0 bridgehead atoms. The zero-order valence-corrected chi connectivity index (χ0v) is 21.3. The summed E-state index contributed by atoms with van der Waals surface area (Å²) in [5.74, 6) is -2.94. The number of benzene rings is 2. The molecule has 2 aromatic carbocycles. The predicted octanol–water partition coefficient (Wildman–Crippen LogP) is 2.65. The third-order valence-electron chi connectivity index (χ3n) is 5.67. The Morgan fingerprint density at radius 1 is 1.17 bits per heavy atom. The SMILES string of the molecule is COc1ccc(CSCC(C)C(=O)N2CC(O)(OS(=O)(=O)c3ccc(C)cc3)C[C@H]2C(=O)O)cc1. The Morgan fingerprint density at radius 2 is 1.80 bits per heavy atom. The monoisotopic (exact) mass is 523 g/mol. The molecular formula is C24H29NO8S2. The van der Waals surface area contributed by atoms with Gasteiger partial charge in [-0.1, -0.05) is 36.8 Å². The molecule has 0 aliphatic carbocycles. The van der Waals surface area contributed by atoms with Gasteiger partial charge < -0.3 is 19.8 Å². The first kappa shape index (κ1) is 27.0. The number of likely N-dealkylation sites (tertiary alicyclic amines) is 1. The Morgan fingerprint density at radius 3 is 2.37 bits per heavy atom. The fraction of sp³-hybridized carbons (Fsp3) is 0.417. The number of carboxylic acid groups (broad SMARTS) is 1. The Hall–Kier alpha value is -2.60. The number of carboxylic acids is 1. The number of aryl methyl sites for hydroxylation is 1. The first-order chi connectivity index (χ1) is 16.4. The second-order valence-electron chi connectivity index (χ2n) is 8.59. The van der Waals surface area contributed by atoms with Crippen LogP contribution < -0.4 is 4.74 Å². The number of thioether (sulfide) groups is 1. The van der Waals surface area contributed by atoms with Crippen molar-refractivity contribution in [3.8, 4) is 5.75 Å². The fourth-order valence-electron chi connectivity index (χ4n) is 3.75. The van der Waals surface area contributed by atoms with Crippen LogP contribution in [0.1, 0.15) is 24.5 Å². The molecule has 1 aliphatic heterocycles. The second-order valence-corrected chi connectivity index (χ2v) is 11.2. The summed E-state index contributed by atoms with van der Waals surface area (Å²) in [5, 5.41) is 20.5. The third-order valence-corrected chi connectivity index (χ3v) is 8.32. The van der Waals surface area contributed by atoms with E-state index >= 15 is 0 Å². The minimum Gasteiger partial charge on any atom is -0.497 e. The first-order valence-corrected chi connectivity index (χ1v) is 13.5. The van der Waals surface area contributed by atoms with E-state index in [1.165, 1.54) is 23.9 Å². The number of carbonyl (C=O) groups excluding carboxylic acids is 1. The predicted molar refractivity (Wildman–Crippen MR) is 130 cm³/mol. The second kappa shape index (κ2) is 11.0. The summed E-state index contributed by atoms with van der Waals surface area (Å²) in [6.45, 7) is 2.89. The smallest absolute Gasteiger partial charge is 0.326 e. The quantitative estimate of drug-likeness (QED) is 0.356. The number of hydrogen-bond acceptors (Lipinski definition) is 8. The van der Waals surface area contributed by atoms with Gasteiger partial charge in [-0.2, -0.15) is 20.2 Å². The molecule has 1 amide bonds. The lowest BCUT2D eigenvalue weighted by molar-refractivity contribution is -0.149. The van der Waals surface area contributed by atoms with E-state index in [2.05, 4.69) is 0 Å². The number of carbonyl (C=O) groups is 2. The average molecular weight is 524 g/mol. The molecule has 0 aromatic heterocycles. The van der Waals surface area contributed by atoms with Gasteiger partial charge in [-0.15, -0.1) is 0 Å². The highest BCUT2D eigenvalue weighted by Crippen LogP contribution is 2.33. The van der Waals surface area contributed by atoms with Crippen LogP contribution in [0.15, 0.2) is 53.4 Å². The van der Waals surface area contributed by atoms with Crippen LogP contribution in [0.5, 0.6) is 5.75 Å². The molecule has 1 saturated heterocycles. The Kier molecular flexibility index (Phi) is 8.47. The molecule has 3 rings (SSSR count). The molecule has 1 fully saturated rings. The summed E-state index contributed by atoms with van der Waals surface area (Å²) in [7, 11) is -2.79. The molecule has 1 aliphatic rings. The van der Waals surface area contributed by atoms with E-state index in [1.807, 2.05) is 24.3 Å². The number of aliphatic carboxylic acids is 1. The molecule has 0 radical (unpaired) electrons. The first-order valence-electron chi connectivity index (χ1n) is 10.9. The van der Waals surface area contributed by atoms with Crippen LogP contribution in [0.2, 0.25) is 0 Å². The van der Waals surface area contributed by atoms with Crippen molar-refractivity contribution in [1.82, 2.24) is 4.90 Å². The molecule has 11 heteroatoms. The van der Waals surface area contributed by atoms with E-state index in [-0.39, 0.29) is 4.90 Å². The van der Waals surface area contributed by atoms with Crippen LogP contribution in [-0.2, 0) is 29.6 Å². The van der Waals surface area contributed by atoms with Crippen LogP contribution in [0.3, 0.4) is 0 Å². The number of ether oxygens (including phenoxy) is 1. The van der Waals surface area contributed by atoms with Crippen LogP contribution in [0, 0.1) is 12.8 Å². The van der Waals surface area contributed by atoms with Crippen molar-refractivity contribution in [3.05, 3.63) is 59.7 Å². The van der Waals surface area contributed by atoms with Gasteiger partial charge in [-0.3, -0.25) is 4.79 Å². The number of amides is 1. The van der Waals surface area contributed by atoms with Gasteiger partial charge in [0.15, 0.2) is 0 Å². The molecule has 0 spiro atoms. The van der Waals surface area contributed by atoms with Crippen molar-refractivity contribution in [2.24, 2.45) is 5.92 Å². The number of hydrogen-bond donors (Lipinski definition) is 2. The summed E-state index contributed by atoms with van der Waals surface area (Å²) in [4.78, 5) is 25.7. The normalized spacial score (nSPS) is 21.0. The highest BCUT2D eigenvalue weighted by atomic mass is 32.2. The average Bonchev–Trinajstić information content (AvgIpc) is 3.16.